The van der Waals surface area contributed by atoms with Crippen molar-refractivity contribution in [1.29, 1.82) is 5.26 Å². The highest BCUT2D eigenvalue weighted by molar-refractivity contribution is 5.78. The summed E-state index contributed by atoms with van der Waals surface area (Å²) >= 11 is 0. The average Bonchev–Trinajstić information content (AvgIpc) is 3.49. The molecule has 3 aromatic rings. The Kier molecular flexibility index (Phi) is 6.18. The Balaban J connectivity index is 1.16. The molecule has 0 spiro atoms. The Hall–Kier alpha value is -3.78. The van der Waals surface area contributed by atoms with Crippen LogP contribution >= 0.6 is 0 Å². The number of aryl methyl sites for hydroxylation is 3. The van der Waals surface area contributed by atoms with Crippen molar-refractivity contribution in [3.8, 4) is 28.7 Å². The van der Waals surface area contributed by atoms with E-state index < -0.39 is 5.97 Å². The number of carboxylic acid groups (broad SMARTS) is 1. The predicted molar refractivity (Wildman–Crippen MR) is 150 cm³/mol. The summed E-state index contributed by atoms with van der Waals surface area (Å²) in [4.78, 5) is 11.5. The van der Waals surface area contributed by atoms with Gasteiger partial charge in [0, 0.05) is 18.8 Å². The predicted octanol–water partition coefficient (Wildman–Crippen LogP) is 7.15. The van der Waals surface area contributed by atoms with Gasteiger partial charge in [0.15, 0.2) is 0 Å². The molecule has 3 aromatic carbocycles. The lowest BCUT2D eigenvalue weighted by Crippen LogP contribution is -2.41. The molecule has 0 amide bonds. The lowest BCUT2D eigenvalue weighted by atomic mass is 9.69. The summed E-state index contributed by atoms with van der Waals surface area (Å²) in [5.41, 5.74) is 9.15. The molecule has 39 heavy (non-hydrogen) atoms. The van der Waals surface area contributed by atoms with Crippen molar-refractivity contribution >= 4 is 5.97 Å². The van der Waals surface area contributed by atoms with Crippen LogP contribution in [-0.4, -0.2) is 17.2 Å². The molecule has 3 unspecified atom stereocenters. The van der Waals surface area contributed by atoms with E-state index in [1.807, 2.05) is 6.92 Å². The Morgan fingerprint density at radius 1 is 1.13 bits per heavy atom. The third kappa shape index (κ3) is 4.56. The molecule has 3 aliphatic carbocycles. The minimum absolute atomic E-state index is 0.108. The summed E-state index contributed by atoms with van der Waals surface area (Å²) < 4.78 is 12.6. The van der Waals surface area contributed by atoms with Gasteiger partial charge >= 0.3 is 5.97 Å². The van der Waals surface area contributed by atoms with Crippen molar-refractivity contribution in [3.05, 3.63) is 81.9 Å². The first kappa shape index (κ1) is 25.5. The van der Waals surface area contributed by atoms with Crippen LogP contribution in [0.1, 0.15) is 66.0 Å². The van der Waals surface area contributed by atoms with E-state index in [1.165, 1.54) is 16.7 Å². The van der Waals surface area contributed by atoms with Gasteiger partial charge in [0.25, 0.3) is 0 Å². The normalized spacial score (nSPS) is 26.1. The van der Waals surface area contributed by atoms with E-state index in [2.05, 4.69) is 75.4 Å². The molecule has 2 fully saturated rings. The summed E-state index contributed by atoms with van der Waals surface area (Å²) in [5, 5.41) is 18.7. The molecule has 0 saturated heterocycles. The highest BCUT2D eigenvalue weighted by Gasteiger charge is 2.59. The molecule has 2 saturated carbocycles. The molecule has 0 radical (unpaired) electrons. The second kappa shape index (κ2) is 9.45. The second-order valence-corrected chi connectivity index (χ2v) is 12.0. The van der Waals surface area contributed by atoms with Gasteiger partial charge in [-0.1, -0.05) is 31.2 Å². The van der Waals surface area contributed by atoms with E-state index in [0.29, 0.717) is 6.61 Å². The number of benzene rings is 3. The van der Waals surface area contributed by atoms with Crippen LogP contribution in [0.25, 0.3) is 11.1 Å². The lowest BCUT2D eigenvalue weighted by Gasteiger charge is -2.39. The number of hydrogen-bond donors (Lipinski definition) is 1. The molecule has 0 heterocycles. The molecule has 3 aliphatic rings. The Morgan fingerprint density at radius 2 is 1.87 bits per heavy atom. The van der Waals surface area contributed by atoms with Gasteiger partial charge in [-0.3, -0.25) is 4.79 Å². The van der Waals surface area contributed by atoms with Crippen molar-refractivity contribution in [1.82, 2.24) is 0 Å². The molecule has 5 nitrogen and oxygen atoms in total. The van der Waals surface area contributed by atoms with Gasteiger partial charge in [-0.2, -0.15) is 5.26 Å². The quantitative estimate of drug-likeness (QED) is 0.340. The molecular formula is C34H35NO4. The minimum atomic E-state index is -0.664. The SMILES string of the molecule is CCc1cc2c(cc1OCc1cccc(-c3c(C)cc(OC4CC(C)(C#N)C4)cc3C)c1)CC1C(C(=O)O)C21. The first-order valence-corrected chi connectivity index (χ1v) is 14.0. The van der Waals surface area contributed by atoms with E-state index in [1.54, 1.807) is 0 Å². The minimum Gasteiger partial charge on any atom is -0.490 e. The van der Waals surface area contributed by atoms with Crippen molar-refractivity contribution in [2.45, 2.75) is 72.0 Å². The number of carboxylic acids is 1. The number of nitrogens with zero attached hydrogens (tertiary/aromatic N) is 1. The highest BCUT2D eigenvalue weighted by Crippen LogP contribution is 2.62. The fraction of sp³-hybridized carbons (Fsp3) is 0.412. The fourth-order valence-corrected chi connectivity index (χ4v) is 6.96. The van der Waals surface area contributed by atoms with Crippen molar-refractivity contribution < 1.29 is 19.4 Å². The molecule has 3 atom stereocenters. The number of nitriles is 1. The number of fused-ring (bicyclic) bond motifs is 3. The monoisotopic (exact) mass is 521 g/mol. The smallest absolute Gasteiger partial charge is 0.307 e. The topological polar surface area (TPSA) is 79.5 Å². The molecule has 0 bridgehead atoms. The van der Waals surface area contributed by atoms with Gasteiger partial charge in [0.2, 0.25) is 0 Å². The summed E-state index contributed by atoms with van der Waals surface area (Å²) in [6, 6.07) is 19.5. The van der Waals surface area contributed by atoms with Crippen molar-refractivity contribution in [2.75, 3.05) is 0 Å². The maximum atomic E-state index is 11.5. The third-order valence-electron chi connectivity index (χ3n) is 9.02. The van der Waals surface area contributed by atoms with Crippen LogP contribution in [0.4, 0.5) is 0 Å². The van der Waals surface area contributed by atoms with E-state index >= 15 is 0 Å². The van der Waals surface area contributed by atoms with Gasteiger partial charge in [-0.15, -0.1) is 0 Å². The second-order valence-electron chi connectivity index (χ2n) is 12.0. The zero-order valence-electron chi connectivity index (χ0n) is 23.1. The van der Waals surface area contributed by atoms with Crippen molar-refractivity contribution in [2.24, 2.45) is 17.3 Å². The Bertz CT molecular complexity index is 1490. The number of hydrogen-bond acceptors (Lipinski definition) is 4. The van der Waals surface area contributed by atoms with Crippen LogP contribution in [0.3, 0.4) is 0 Å². The standard InChI is InChI=1S/C34H35NO4/c1-5-22-12-27-24(13-28-31(27)32(28)33(36)37)14-29(22)38-17-21-7-6-8-23(11-21)30-19(2)9-25(10-20(30)3)39-26-15-34(4,16-26)18-35/h6-12,14,26,28,31-32H,5,13,15-17H2,1-4H3,(H,36,37). The Labute approximate surface area is 230 Å². The van der Waals surface area contributed by atoms with Gasteiger partial charge < -0.3 is 14.6 Å². The van der Waals surface area contributed by atoms with Crippen molar-refractivity contribution in [3.63, 3.8) is 0 Å². The van der Waals surface area contributed by atoms with E-state index in [9.17, 15) is 15.2 Å². The summed E-state index contributed by atoms with van der Waals surface area (Å²) in [6.07, 6.45) is 3.35. The fourth-order valence-electron chi connectivity index (χ4n) is 6.96. The van der Waals surface area contributed by atoms with Gasteiger partial charge in [0.05, 0.1) is 17.4 Å². The van der Waals surface area contributed by atoms with Gasteiger partial charge in [-0.05, 0) is 108 Å². The summed E-state index contributed by atoms with van der Waals surface area (Å²) in [5.74, 6) is 1.35. The first-order valence-electron chi connectivity index (χ1n) is 14.0. The number of aliphatic carboxylic acids is 1. The molecule has 0 aromatic heterocycles. The van der Waals surface area contributed by atoms with Crippen LogP contribution in [-0.2, 0) is 24.2 Å². The summed E-state index contributed by atoms with van der Waals surface area (Å²) in [7, 11) is 0. The zero-order valence-corrected chi connectivity index (χ0v) is 23.1. The first-order chi connectivity index (χ1) is 18.7. The third-order valence-corrected chi connectivity index (χ3v) is 9.02. The van der Waals surface area contributed by atoms with E-state index in [4.69, 9.17) is 9.47 Å². The van der Waals surface area contributed by atoms with Crippen LogP contribution in [0.2, 0.25) is 0 Å². The highest BCUT2D eigenvalue weighted by atomic mass is 16.5. The van der Waals surface area contributed by atoms with Crippen LogP contribution in [0, 0.1) is 42.4 Å². The maximum Gasteiger partial charge on any atom is 0.307 e. The van der Waals surface area contributed by atoms with Crippen LogP contribution in [0.5, 0.6) is 11.5 Å². The molecule has 0 aliphatic heterocycles. The molecule has 6 rings (SSSR count). The number of carbonyl (C=O) groups is 1. The molecular weight excluding hydrogens is 486 g/mol. The zero-order chi connectivity index (χ0) is 27.5. The van der Waals surface area contributed by atoms with E-state index in [-0.39, 0.29) is 29.3 Å². The lowest BCUT2D eigenvalue weighted by molar-refractivity contribution is -0.139. The number of rotatable bonds is 8. The molecule has 200 valence electrons. The summed E-state index contributed by atoms with van der Waals surface area (Å²) in [6.45, 7) is 8.83. The van der Waals surface area contributed by atoms with Crippen LogP contribution in [0.15, 0.2) is 48.5 Å². The van der Waals surface area contributed by atoms with Crippen LogP contribution < -0.4 is 9.47 Å². The largest absolute Gasteiger partial charge is 0.490 e. The molecule has 5 heteroatoms. The molecule has 1 N–H and O–H groups in total. The number of ether oxygens (including phenoxy) is 2. The maximum absolute atomic E-state index is 11.5. The van der Waals surface area contributed by atoms with Gasteiger partial charge in [-0.25, -0.2) is 0 Å². The Morgan fingerprint density at radius 3 is 2.54 bits per heavy atom. The van der Waals surface area contributed by atoms with E-state index in [0.717, 1.165) is 65.0 Å². The average molecular weight is 522 g/mol. The van der Waals surface area contributed by atoms with Gasteiger partial charge in [0.1, 0.15) is 24.2 Å².